The number of benzene rings is 1. The van der Waals surface area contributed by atoms with Crippen molar-refractivity contribution in [3.05, 3.63) is 35.4 Å². The Morgan fingerprint density at radius 2 is 1.95 bits per heavy atom. The molecule has 0 unspecified atom stereocenters. The van der Waals surface area contributed by atoms with Crippen molar-refractivity contribution < 1.29 is 4.79 Å². The Bertz CT molecular complexity index is 447. The van der Waals surface area contributed by atoms with Crippen molar-refractivity contribution >= 4 is 18.3 Å². The van der Waals surface area contributed by atoms with E-state index in [1.54, 1.807) is 0 Å². The molecule has 1 fully saturated rings. The van der Waals surface area contributed by atoms with Gasteiger partial charge in [0.1, 0.15) is 0 Å². The Kier molecular flexibility index (Phi) is 7.72. The molecule has 1 amide bonds. The smallest absolute Gasteiger partial charge is 0.223 e. The van der Waals surface area contributed by atoms with E-state index >= 15 is 0 Å². The van der Waals surface area contributed by atoms with E-state index in [-0.39, 0.29) is 18.3 Å². The number of nitrogens with one attached hydrogen (secondary N) is 1. The lowest BCUT2D eigenvalue weighted by Gasteiger charge is -2.28. The molecule has 21 heavy (non-hydrogen) atoms. The molecule has 4 nitrogen and oxygen atoms in total. The van der Waals surface area contributed by atoms with Crippen LogP contribution in [0.25, 0.3) is 0 Å². The molecular weight excluding hydrogens is 286 g/mol. The number of carbonyl (C=O) groups is 1. The molecule has 1 aliphatic rings. The van der Waals surface area contributed by atoms with E-state index < -0.39 is 0 Å². The summed E-state index contributed by atoms with van der Waals surface area (Å²) in [7, 11) is 2.08. The van der Waals surface area contributed by atoms with Crippen LogP contribution in [0.4, 0.5) is 0 Å². The van der Waals surface area contributed by atoms with Crippen molar-refractivity contribution in [2.75, 3.05) is 39.8 Å². The van der Waals surface area contributed by atoms with Crippen molar-refractivity contribution in [1.82, 2.24) is 15.1 Å². The SMILES string of the molecule is Cc1ccccc1CN(C)CCC(=O)N1CCNCC1.Cl. The molecule has 0 atom stereocenters. The minimum Gasteiger partial charge on any atom is -0.340 e. The first-order valence-corrected chi connectivity index (χ1v) is 7.38. The number of rotatable bonds is 5. The molecule has 0 aliphatic carbocycles. The maximum atomic E-state index is 12.1. The van der Waals surface area contributed by atoms with Gasteiger partial charge in [0, 0.05) is 45.7 Å². The Morgan fingerprint density at radius 3 is 2.62 bits per heavy atom. The molecule has 5 heteroatoms. The van der Waals surface area contributed by atoms with E-state index in [2.05, 4.69) is 48.5 Å². The molecule has 0 aromatic heterocycles. The van der Waals surface area contributed by atoms with Gasteiger partial charge in [-0.25, -0.2) is 0 Å². The lowest BCUT2D eigenvalue weighted by atomic mass is 10.1. The molecule has 2 rings (SSSR count). The highest BCUT2D eigenvalue weighted by atomic mass is 35.5. The molecule has 1 aromatic rings. The quantitative estimate of drug-likeness (QED) is 0.898. The van der Waals surface area contributed by atoms with Crippen LogP contribution in [0.2, 0.25) is 0 Å². The van der Waals surface area contributed by atoms with Gasteiger partial charge >= 0.3 is 0 Å². The van der Waals surface area contributed by atoms with Gasteiger partial charge in [-0.05, 0) is 25.1 Å². The summed E-state index contributed by atoms with van der Waals surface area (Å²) in [5.41, 5.74) is 2.65. The summed E-state index contributed by atoms with van der Waals surface area (Å²) >= 11 is 0. The Balaban J connectivity index is 0.00000220. The molecule has 1 saturated heterocycles. The van der Waals surface area contributed by atoms with Crippen LogP contribution in [0.15, 0.2) is 24.3 Å². The van der Waals surface area contributed by atoms with Gasteiger partial charge in [-0.3, -0.25) is 4.79 Å². The first-order valence-electron chi connectivity index (χ1n) is 7.38. The van der Waals surface area contributed by atoms with Gasteiger partial charge in [0.05, 0.1) is 0 Å². The summed E-state index contributed by atoms with van der Waals surface area (Å²) in [5, 5.41) is 3.27. The molecule has 0 radical (unpaired) electrons. The fourth-order valence-electron chi connectivity index (χ4n) is 2.52. The molecule has 118 valence electrons. The van der Waals surface area contributed by atoms with E-state index in [0.717, 1.165) is 39.3 Å². The minimum atomic E-state index is 0. The van der Waals surface area contributed by atoms with Crippen LogP contribution in [0.1, 0.15) is 17.5 Å². The van der Waals surface area contributed by atoms with Crippen LogP contribution in [0.3, 0.4) is 0 Å². The number of hydrogen-bond acceptors (Lipinski definition) is 3. The van der Waals surface area contributed by atoms with Crippen molar-refractivity contribution in [1.29, 1.82) is 0 Å². The molecule has 1 N–H and O–H groups in total. The molecule has 1 heterocycles. The van der Waals surface area contributed by atoms with Crippen LogP contribution in [-0.2, 0) is 11.3 Å². The molecule has 0 spiro atoms. The first-order chi connectivity index (χ1) is 9.66. The standard InChI is InChI=1S/C16H25N3O.ClH/c1-14-5-3-4-6-15(14)13-18(2)10-7-16(20)19-11-8-17-9-12-19;/h3-6,17H,7-13H2,1-2H3;1H. The van der Waals surface area contributed by atoms with Crippen LogP contribution in [0.5, 0.6) is 0 Å². The fourth-order valence-corrected chi connectivity index (χ4v) is 2.52. The Morgan fingerprint density at radius 1 is 1.29 bits per heavy atom. The number of amides is 1. The number of hydrogen-bond donors (Lipinski definition) is 1. The monoisotopic (exact) mass is 311 g/mol. The third-order valence-electron chi connectivity index (χ3n) is 3.88. The highest BCUT2D eigenvalue weighted by Crippen LogP contribution is 2.10. The Labute approximate surface area is 133 Å². The maximum Gasteiger partial charge on any atom is 0.223 e. The number of halogens is 1. The van der Waals surface area contributed by atoms with E-state index in [1.165, 1.54) is 11.1 Å². The normalized spacial score (nSPS) is 14.9. The zero-order chi connectivity index (χ0) is 14.4. The van der Waals surface area contributed by atoms with E-state index in [4.69, 9.17) is 0 Å². The van der Waals surface area contributed by atoms with Crippen LogP contribution in [-0.4, -0.2) is 55.5 Å². The van der Waals surface area contributed by atoms with Gasteiger partial charge < -0.3 is 15.1 Å². The average Bonchev–Trinajstić information content (AvgIpc) is 2.48. The van der Waals surface area contributed by atoms with Gasteiger partial charge in [0.25, 0.3) is 0 Å². The first kappa shape index (κ1) is 18.0. The zero-order valence-electron chi connectivity index (χ0n) is 13.0. The number of carbonyl (C=O) groups excluding carboxylic acids is 1. The highest BCUT2D eigenvalue weighted by molar-refractivity contribution is 5.85. The average molecular weight is 312 g/mol. The molecular formula is C16H26ClN3O. The number of piperazine rings is 1. The zero-order valence-corrected chi connectivity index (χ0v) is 13.8. The Hall–Kier alpha value is -1.10. The van der Waals surface area contributed by atoms with Gasteiger partial charge in [0.15, 0.2) is 0 Å². The van der Waals surface area contributed by atoms with Crippen molar-refractivity contribution in [2.45, 2.75) is 19.9 Å². The van der Waals surface area contributed by atoms with E-state index in [1.807, 2.05) is 4.90 Å². The van der Waals surface area contributed by atoms with Gasteiger partial charge in [-0.1, -0.05) is 24.3 Å². The predicted octanol–water partition coefficient (Wildman–Crippen LogP) is 1.67. The lowest BCUT2D eigenvalue weighted by Crippen LogP contribution is -2.47. The maximum absolute atomic E-state index is 12.1. The summed E-state index contributed by atoms with van der Waals surface area (Å²) in [6.07, 6.45) is 0.613. The third-order valence-corrected chi connectivity index (χ3v) is 3.88. The highest BCUT2D eigenvalue weighted by Gasteiger charge is 2.16. The molecule has 1 aromatic carbocycles. The van der Waals surface area contributed by atoms with Crippen LogP contribution in [0, 0.1) is 6.92 Å². The minimum absolute atomic E-state index is 0. The topological polar surface area (TPSA) is 35.6 Å². The lowest BCUT2D eigenvalue weighted by molar-refractivity contribution is -0.132. The van der Waals surface area contributed by atoms with Crippen molar-refractivity contribution in [2.24, 2.45) is 0 Å². The number of nitrogens with zero attached hydrogens (tertiary/aromatic N) is 2. The molecule has 0 bridgehead atoms. The summed E-state index contributed by atoms with van der Waals surface area (Å²) in [6.45, 7) is 7.39. The van der Waals surface area contributed by atoms with Crippen LogP contribution < -0.4 is 5.32 Å². The van der Waals surface area contributed by atoms with Gasteiger partial charge in [-0.2, -0.15) is 0 Å². The second-order valence-corrected chi connectivity index (χ2v) is 5.55. The van der Waals surface area contributed by atoms with Gasteiger partial charge in [0.2, 0.25) is 5.91 Å². The van der Waals surface area contributed by atoms with Crippen molar-refractivity contribution in [3.63, 3.8) is 0 Å². The van der Waals surface area contributed by atoms with Gasteiger partial charge in [-0.15, -0.1) is 12.4 Å². The summed E-state index contributed by atoms with van der Waals surface area (Å²) in [4.78, 5) is 16.3. The second-order valence-electron chi connectivity index (χ2n) is 5.55. The third kappa shape index (κ3) is 5.65. The second kappa shape index (κ2) is 9.03. The predicted molar refractivity (Wildman–Crippen MR) is 88.8 cm³/mol. The summed E-state index contributed by atoms with van der Waals surface area (Å²) in [5.74, 6) is 0.281. The van der Waals surface area contributed by atoms with E-state index in [9.17, 15) is 4.79 Å². The van der Waals surface area contributed by atoms with E-state index in [0.29, 0.717) is 6.42 Å². The molecule has 1 aliphatic heterocycles. The number of aryl methyl sites for hydroxylation is 1. The molecule has 0 saturated carbocycles. The summed E-state index contributed by atoms with van der Waals surface area (Å²) in [6, 6.07) is 8.42. The van der Waals surface area contributed by atoms with Crippen molar-refractivity contribution in [3.8, 4) is 0 Å². The summed E-state index contributed by atoms with van der Waals surface area (Å²) < 4.78 is 0. The largest absolute Gasteiger partial charge is 0.340 e. The van der Waals surface area contributed by atoms with Crippen LogP contribution >= 0.6 is 12.4 Å². The fraction of sp³-hybridized carbons (Fsp3) is 0.562.